The molecule has 0 bridgehead atoms. The molecule has 0 saturated heterocycles. The van der Waals surface area contributed by atoms with Gasteiger partial charge >= 0.3 is 5.97 Å². The number of rotatable bonds is 6. The molecule has 1 N–H and O–H groups in total. The number of methoxy groups -OCH3 is 2. The van der Waals surface area contributed by atoms with Gasteiger partial charge in [0.2, 0.25) is 0 Å². The van der Waals surface area contributed by atoms with E-state index < -0.39 is 5.97 Å². The summed E-state index contributed by atoms with van der Waals surface area (Å²) in [5, 5.41) is 9.20. The van der Waals surface area contributed by atoms with Crippen LogP contribution in [0.4, 0.5) is 0 Å². The van der Waals surface area contributed by atoms with E-state index in [9.17, 15) is 9.90 Å². The number of benzene rings is 2. The highest BCUT2D eigenvalue weighted by Crippen LogP contribution is 2.33. The third-order valence-corrected chi connectivity index (χ3v) is 3.36. The van der Waals surface area contributed by atoms with Crippen molar-refractivity contribution >= 4 is 5.97 Å². The maximum absolute atomic E-state index is 11.2. The second kappa shape index (κ2) is 6.79. The van der Waals surface area contributed by atoms with Gasteiger partial charge in [0.25, 0.3) is 0 Å². The fourth-order valence-electron chi connectivity index (χ4n) is 2.32. The molecule has 0 spiro atoms. The van der Waals surface area contributed by atoms with Crippen LogP contribution in [-0.2, 0) is 4.79 Å². The highest BCUT2D eigenvalue weighted by Gasteiger charge is 2.19. The van der Waals surface area contributed by atoms with Crippen LogP contribution in [0.5, 0.6) is 11.5 Å². The van der Waals surface area contributed by atoms with Gasteiger partial charge in [0, 0.05) is 12.0 Å². The Morgan fingerprint density at radius 3 is 2.05 bits per heavy atom. The molecular formula is C17H18O4. The van der Waals surface area contributed by atoms with Crippen molar-refractivity contribution < 1.29 is 19.4 Å². The van der Waals surface area contributed by atoms with E-state index in [1.54, 1.807) is 20.3 Å². The van der Waals surface area contributed by atoms with Crippen molar-refractivity contribution in [1.29, 1.82) is 0 Å². The number of carbonyl (C=O) groups is 1. The molecule has 110 valence electrons. The first-order valence-electron chi connectivity index (χ1n) is 6.63. The molecule has 2 aromatic rings. The first kappa shape index (κ1) is 14.9. The summed E-state index contributed by atoms with van der Waals surface area (Å²) in [5.41, 5.74) is 1.81. The molecule has 21 heavy (non-hydrogen) atoms. The monoisotopic (exact) mass is 286 g/mol. The predicted molar refractivity (Wildman–Crippen MR) is 80.1 cm³/mol. The average Bonchev–Trinajstić information content (AvgIpc) is 2.52. The highest BCUT2D eigenvalue weighted by atomic mass is 16.5. The Hall–Kier alpha value is -2.49. The molecular weight excluding hydrogens is 268 g/mol. The van der Waals surface area contributed by atoms with Crippen molar-refractivity contribution in [2.24, 2.45) is 0 Å². The van der Waals surface area contributed by atoms with Crippen molar-refractivity contribution in [3.63, 3.8) is 0 Å². The molecule has 1 unspecified atom stereocenters. The van der Waals surface area contributed by atoms with Crippen LogP contribution in [-0.4, -0.2) is 25.3 Å². The third kappa shape index (κ3) is 3.75. The van der Waals surface area contributed by atoms with Crippen LogP contribution in [0.15, 0.2) is 48.5 Å². The van der Waals surface area contributed by atoms with E-state index in [4.69, 9.17) is 9.47 Å². The summed E-state index contributed by atoms with van der Waals surface area (Å²) in [7, 11) is 3.15. The summed E-state index contributed by atoms with van der Waals surface area (Å²) >= 11 is 0. The number of hydrogen-bond donors (Lipinski definition) is 1. The number of carboxylic acid groups (broad SMARTS) is 1. The van der Waals surface area contributed by atoms with E-state index in [-0.39, 0.29) is 12.3 Å². The predicted octanol–water partition coefficient (Wildman–Crippen LogP) is 3.31. The molecule has 0 amide bonds. The summed E-state index contributed by atoms with van der Waals surface area (Å²) in [4.78, 5) is 11.2. The Labute approximate surface area is 123 Å². The summed E-state index contributed by atoms with van der Waals surface area (Å²) in [5.74, 6) is 0.213. The Balaban J connectivity index is 2.48. The van der Waals surface area contributed by atoms with Crippen molar-refractivity contribution in [1.82, 2.24) is 0 Å². The van der Waals surface area contributed by atoms with Crippen LogP contribution in [0.2, 0.25) is 0 Å². The SMILES string of the molecule is COc1cc(OC)cc(C(CC(=O)O)c2ccccc2)c1. The van der Waals surface area contributed by atoms with Crippen molar-refractivity contribution in [3.05, 3.63) is 59.7 Å². The molecule has 0 aliphatic rings. The molecule has 4 heteroatoms. The van der Waals surface area contributed by atoms with Crippen LogP contribution in [0.3, 0.4) is 0 Å². The molecule has 2 aromatic carbocycles. The van der Waals surface area contributed by atoms with Gasteiger partial charge in [-0.15, -0.1) is 0 Å². The van der Waals surface area contributed by atoms with E-state index in [0.717, 1.165) is 11.1 Å². The van der Waals surface area contributed by atoms with E-state index in [2.05, 4.69) is 0 Å². The van der Waals surface area contributed by atoms with E-state index in [1.165, 1.54) is 0 Å². The first-order valence-corrected chi connectivity index (χ1v) is 6.63. The van der Waals surface area contributed by atoms with Crippen LogP contribution in [0, 0.1) is 0 Å². The van der Waals surface area contributed by atoms with Gasteiger partial charge < -0.3 is 14.6 Å². The van der Waals surface area contributed by atoms with Gasteiger partial charge in [-0.3, -0.25) is 4.79 Å². The molecule has 0 radical (unpaired) electrons. The van der Waals surface area contributed by atoms with Gasteiger partial charge in [0.15, 0.2) is 0 Å². The minimum Gasteiger partial charge on any atom is -0.497 e. The highest BCUT2D eigenvalue weighted by molar-refractivity contribution is 5.69. The summed E-state index contributed by atoms with van der Waals surface area (Å²) < 4.78 is 10.5. The molecule has 0 aromatic heterocycles. The number of ether oxygens (including phenoxy) is 2. The molecule has 0 aliphatic heterocycles. The lowest BCUT2D eigenvalue weighted by molar-refractivity contribution is -0.137. The smallest absolute Gasteiger partial charge is 0.304 e. The van der Waals surface area contributed by atoms with Gasteiger partial charge in [-0.1, -0.05) is 30.3 Å². The first-order chi connectivity index (χ1) is 10.1. The Kier molecular flexibility index (Phi) is 4.82. The molecule has 2 rings (SSSR count). The quantitative estimate of drug-likeness (QED) is 0.885. The lowest BCUT2D eigenvalue weighted by Crippen LogP contribution is -2.08. The Morgan fingerprint density at radius 1 is 1.00 bits per heavy atom. The van der Waals surface area contributed by atoms with Crippen LogP contribution in [0.1, 0.15) is 23.5 Å². The van der Waals surface area contributed by atoms with Gasteiger partial charge in [-0.2, -0.15) is 0 Å². The summed E-state index contributed by atoms with van der Waals surface area (Å²) in [6.45, 7) is 0. The second-order valence-electron chi connectivity index (χ2n) is 4.71. The topological polar surface area (TPSA) is 55.8 Å². The fraction of sp³-hybridized carbons (Fsp3) is 0.235. The minimum atomic E-state index is -0.842. The summed E-state index contributed by atoms with van der Waals surface area (Å²) in [6.07, 6.45) is 0.0142. The van der Waals surface area contributed by atoms with Gasteiger partial charge in [0.05, 0.1) is 20.6 Å². The van der Waals surface area contributed by atoms with Crippen LogP contribution in [0.25, 0.3) is 0 Å². The molecule has 4 nitrogen and oxygen atoms in total. The molecule has 0 aliphatic carbocycles. The largest absolute Gasteiger partial charge is 0.497 e. The van der Waals surface area contributed by atoms with Crippen LogP contribution >= 0.6 is 0 Å². The lowest BCUT2D eigenvalue weighted by atomic mass is 9.88. The van der Waals surface area contributed by atoms with Crippen LogP contribution < -0.4 is 9.47 Å². The van der Waals surface area contributed by atoms with Crippen molar-refractivity contribution in [3.8, 4) is 11.5 Å². The zero-order valence-electron chi connectivity index (χ0n) is 12.1. The maximum atomic E-state index is 11.2. The number of aliphatic carboxylic acids is 1. The molecule has 1 atom stereocenters. The zero-order chi connectivity index (χ0) is 15.2. The van der Waals surface area contributed by atoms with Gasteiger partial charge in [0.1, 0.15) is 11.5 Å². The third-order valence-electron chi connectivity index (χ3n) is 3.36. The van der Waals surface area contributed by atoms with Crippen molar-refractivity contribution in [2.75, 3.05) is 14.2 Å². The van der Waals surface area contributed by atoms with E-state index in [0.29, 0.717) is 11.5 Å². The number of carboxylic acids is 1. The van der Waals surface area contributed by atoms with Gasteiger partial charge in [-0.05, 0) is 23.3 Å². The zero-order valence-corrected chi connectivity index (χ0v) is 12.1. The average molecular weight is 286 g/mol. The molecule has 0 fully saturated rings. The standard InChI is InChI=1S/C17H18O4/c1-20-14-8-13(9-15(10-14)21-2)16(11-17(18)19)12-6-4-3-5-7-12/h3-10,16H,11H2,1-2H3,(H,18,19). The Morgan fingerprint density at radius 2 is 1.57 bits per heavy atom. The Bertz CT molecular complexity index is 585. The minimum absolute atomic E-state index is 0.0142. The van der Waals surface area contributed by atoms with Crippen molar-refractivity contribution in [2.45, 2.75) is 12.3 Å². The fourth-order valence-corrected chi connectivity index (χ4v) is 2.32. The maximum Gasteiger partial charge on any atom is 0.304 e. The normalized spacial score (nSPS) is 11.7. The van der Waals surface area contributed by atoms with Gasteiger partial charge in [-0.25, -0.2) is 0 Å². The molecule has 0 heterocycles. The lowest BCUT2D eigenvalue weighted by Gasteiger charge is -2.18. The second-order valence-corrected chi connectivity index (χ2v) is 4.71. The number of hydrogen-bond acceptors (Lipinski definition) is 3. The van der Waals surface area contributed by atoms with E-state index >= 15 is 0 Å². The van der Waals surface area contributed by atoms with E-state index in [1.807, 2.05) is 42.5 Å². The molecule has 0 saturated carbocycles. The summed E-state index contributed by atoms with van der Waals surface area (Å²) in [6, 6.07) is 15.0.